The van der Waals surface area contributed by atoms with Crippen LogP contribution in [0.5, 0.6) is 0 Å². The van der Waals surface area contributed by atoms with Gasteiger partial charge in [-0.05, 0) is 24.9 Å². The van der Waals surface area contributed by atoms with Crippen LogP contribution >= 0.6 is 0 Å². The number of imidazole rings is 1. The summed E-state index contributed by atoms with van der Waals surface area (Å²) in [6, 6.07) is 11.1. The average Bonchev–Trinajstić information content (AvgIpc) is 2.83. The number of benzene rings is 1. The molecule has 3 heteroatoms. The van der Waals surface area contributed by atoms with E-state index in [2.05, 4.69) is 59.2 Å². The molecule has 0 amide bonds. The number of rotatable bonds is 7. The molecule has 1 N–H and O–H groups in total. The number of aryl methyl sites for hydroxylation is 1. The molecule has 0 saturated carbocycles. The van der Waals surface area contributed by atoms with Crippen LogP contribution in [-0.4, -0.2) is 22.1 Å². The van der Waals surface area contributed by atoms with Gasteiger partial charge in [0.2, 0.25) is 0 Å². The average molecular weight is 257 g/mol. The highest BCUT2D eigenvalue weighted by Gasteiger charge is 2.12. The minimum atomic E-state index is 0.448. The molecule has 3 nitrogen and oxygen atoms in total. The lowest BCUT2D eigenvalue weighted by atomic mass is 10.0. The molecule has 1 atom stereocenters. The molecule has 1 aromatic carbocycles. The number of nitrogens with one attached hydrogen (secondary N) is 1. The fraction of sp³-hybridized carbons (Fsp3) is 0.438. The Morgan fingerprint density at radius 1 is 1.21 bits per heavy atom. The topological polar surface area (TPSA) is 29.9 Å². The zero-order valence-corrected chi connectivity index (χ0v) is 11.8. The Morgan fingerprint density at radius 2 is 2.00 bits per heavy atom. The monoisotopic (exact) mass is 257 g/mol. The molecule has 102 valence electrons. The van der Waals surface area contributed by atoms with Crippen LogP contribution < -0.4 is 5.32 Å². The molecule has 1 unspecified atom stereocenters. The highest BCUT2D eigenvalue weighted by molar-refractivity contribution is 5.16. The smallest absolute Gasteiger partial charge is 0.109 e. The Kier molecular flexibility index (Phi) is 5.16. The van der Waals surface area contributed by atoms with Gasteiger partial charge >= 0.3 is 0 Å². The van der Waals surface area contributed by atoms with E-state index in [0.29, 0.717) is 6.04 Å². The first-order chi connectivity index (χ1) is 9.29. The first-order valence-corrected chi connectivity index (χ1v) is 7.03. The summed E-state index contributed by atoms with van der Waals surface area (Å²) >= 11 is 0. The highest BCUT2D eigenvalue weighted by atomic mass is 15.0. The summed E-state index contributed by atoms with van der Waals surface area (Å²) in [5, 5.41) is 3.63. The van der Waals surface area contributed by atoms with Crippen LogP contribution in [-0.2, 0) is 19.9 Å². The van der Waals surface area contributed by atoms with E-state index in [1.54, 1.807) is 0 Å². The van der Waals surface area contributed by atoms with E-state index in [9.17, 15) is 0 Å². The van der Waals surface area contributed by atoms with Crippen LogP contribution in [0.1, 0.15) is 24.7 Å². The number of hydrogen-bond acceptors (Lipinski definition) is 2. The van der Waals surface area contributed by atoms with Crippen molar-refractivity contribution in [3.63, 3.8) is 0 Å². The van der Waals surface area contributed by atoms with Crippen molar-refractivity contribution in [3.8, 4) is 0 Å². The molecule has 2 rings (SSSR count). The molecule has 0 bridgehead atoms. The quantitative estimate of drug-likeness (QED) is 0.826. The Morgan fingerprint density at radius 3 is 2.63 bits per heavy atom. The van der Waals surface area contributed by atoms with Gasteiger partial charge in [-0.15, -0.1) is 0 Å². The largest absolute Gasteiger partial charge is 0.338 e. The molecule has 1 heterocycles. The Hall–Kier alpha value is -1.61. The van der Waals surface area contributed by atoms with Gasteiger partial charge in [-0.25, -0.2) is 4.98 Å². The third-order valence-electron chi connectivity index (χ3n) is 3.36. The summed E-state index contributed by atoms with van der Waals surface area (Å²) in [7, 11) is 2.06. The molecule has 2 aromatic rings. The molecule has 0 fully saturated rings. The number of hydrogen-bond donors (Lipinski definition) is 1. The van der Waals surface area contributed by atoms with Crippen molar-refractivity contribution >= 4 is 0 Å². The van der Waals surface area contributed by atoms with Gasteiger partial charge in [-0.1, -0.05) is 37.3 Å². The maximum Gasteiger partial charge on any atom is 0.109 e. The second kappa shape index (κ2) is 7.10. The Bertz CT molecular complexity index is 476. The van der Waals surface area contributed by atoms with Gasteiger partial charge in [0.1, 0.15) is 5.82 Å². The lowest BCUT2D eigenvalue weighted by molar-refractivity contribution is 0.490. The van der Waals surface area contributed by atoms with Gasteiger partial charge in [0.15, 0.2) is 0 Å². The normalized spacial score (nSPS) is 12.5. The van der Waals surface area contributed by atoms with Gasteiger partial charge in [0.05, 0.1) is 0 Å². The van der Waals surface area contributed by atoms with E-state index >= 15 is 0 Å². The summed E-state index contributed by atoms with van der Waals surface area (Å²) in [6.45, 7) is 3.26. The molecule has 0 aliphatic carbocycles. The second-order valence-electron chi connectivity index (χ2n) is 5.00. The lowest BCUT2D eigenvalue weighted by Gasteiger charge is -2.18. The van der Waals surface area contributed by atoms with Crippen LogP contribution in [0.4, 0.5) is 0 Å². The van der Waals surface area contributed by atoms with Gasteiger partial charge in [-0.2, -0.15) is 0 Å². The molecule has 1 aromatic heterocycles. The maximum atomic E-state index is 4.43. The maximum absolute atomic E-state index is 4.43. The predicted molar refractivity (Wildman–Crippen MR) is 79.1 cm³/mol. The molecular formula is C16H23N3. The van der Waals surface area contributed by atoms with Gasteiger partial charge in [0.25, 0.3) is 0 Å². The van der Waals surface area contributed by atoms with Gasteiger partial charge in [-0.3, -0.25) is 0 Å². The van der Waals surface area contributed by atoms with Crippen molar-refractivity contribution in [1.29, 1.82) is 0 Å². The minimum absolute atomic E-state index is 0.448. The van der Waals surface area contributed by atoms with E-state index in [4.69, 9.17) is 0 Å². The standard InChI is InChI=1S/C16H23N3/c1-3-9-17-15(12-14-7-5-4-6-8-14)13-16-18-10-11-19(16)2/h4-8,10-11,15,17H,3,9,12-13H2,1-2H3. The zero-order valence-electron chi connectivity index (χ0n) is 11.8. The number of nitrogens with zero attached hydrogens (tertiary/aromatic N) is 2. The summed E-state index contributed by atoms with van der Waals surface area (Å²) in [5.41, 5.74) is 1.38. The van der Waals surface area contributed by atoms with Crippen LogP contribution in [0, 0.1) is 0 Å². The van der Waals surface area contributed by atoms with E-state index in [1.807, 2.05) is 12.4 Å². The molecule has 19 heavy (non-hydrogen) atoms. The van der Waals surface area contributed by atoms with Crippen LogP contribution in [0.25, 0.3) is 0 Å². The van der Waals surface area contributed by atoms with Crippen LogP contribution in [0.3, 0.4) is 0 Å². The van der Waals surface area contributed by atoms with E-state index in [0.717, 1.165) is 31.6 Å². The molecular weight excluding hydrogens is 234 g/mol. The third-order valence-corrected chi connectivity index (χ3v) is 3.36. The van der Waals surface area contributed by atoms with Crippen molar-refractivity contribution in [2.24, 2.45) is 7.05 Å². The van der Waals surface area contributed by atoms with Crippen LogP contribution in [0.2, 0.25) is 0 Å². The van der Waals surface area contributed by atoms with E-state index < -0.39 is 0 Å². The first kappa shape index (κ1) is 13.8. The minimum Gasteiger partial charge on any atom is -0.338 e. The molecule has 0 spiro atoms. The lowest BCUT2D eigenvalue weighted by Crippen LogP contribution is -2.34. The Labute approximate surface area is 115 Å². The summed E-state index contributed by atoms with van der Waals surface area (Å²) < 4.78 is 2.10. The zero-order chi connectivity index (χ0) is 13.5. The molecule has 0 saturated heterocycles. The van der Waals surface area contributed by atoms with Crippen molar-refractivity contribution in [2.45, 2.75) is 32.2 Å². The third kappa shape index (κ3) is 4.21. The van der Waals surface area contributed by atoms with Gasteiger partial charge in [0, 0.05) is 31.9 Å². The SMILES string of the molecule is CCCNC(Cc1ccccc1)Cc1nccn1C. The Balaban J connectivity index is 2.01. The fourth-order valence-electron chi connectivity index (χ4n) is 2.28. The highest BCUT2D eigenvalue weighted by Crippen LogP contribution is 2.08. The first-order valence-electron chi connectivity index (χ1n) is 7.03. The molecule has 0 radical (unpaired) electrons. The van der Waals surface area contributed by atoms with E-state index in [-0.39, 0.29) is 0 Å². The van der Waals surface area contributed by atoms with Crippen LogP contribution in [0.15, 0.2) is 42.7 Å². The summed E-state index contributed by atoms with van der Waals surface area (Å²) in [6.07, 6.45) is 7.06. The van der Waals surface area contributed by atoms with Crippen molar-refractivity contribution < 1.29 is 0 Å². The molecule has 0 aliphatic heterocycles. The van der Waals surface area contributed by atoms with E-state index in [1.165, 1.54) is 5.56 Å². The fourth-order valence-corrected chi connectivity index (χ4v) is 2.28. The summed E-state index contributed by atoms with van der Waals surface area (Å²) in [4.78, 5) is 4.43. The van der Waals surface area contributed by atoms with Crippen molar-refractivity contribution in [3.05, 3.63) is 54.1 Å². The van der Waals surface area contributed by atoms with Gasteiger partial charge < -0.3 is 9.88 Å². The predicted octanol–water partition coefficient (Wildman–Crippen LogP) is 2.57. The van der Waals surface area contributed by atoms with Crippen molar-refractivity contribution in [2.75, 3.05) is 6.54 Å². The number of aromatic nitrogens is 2. The second-order valence-corrected chi connectivity index (χ2v) is 5.00. The summed E-state index contributed by atoms with van der Waals surface area (Å²) in [5.74, 6) is 1.14. The molecule has 0 aliphatic rings. The van der Waals surface area contributed by atoms with Crippen molar-refractivity contribution in [1.82, 2.24) is 14.9 Å².